The van der Waals surface area contributed by atoms with Gasteiger partial charge in [0, 0.05) is 26.2 Å². The molecule has 0 saturated carbocycles. The minimum absolute atomic E-state index is 0. The number of hydrogen-bond acceptors (Lipinski definition) is 4. The number of esters is 1. The van der Waals surface area contributed by atoms with E-state index in [1.807, 2.05) is 27.7 Å². The number of nitrogens with one attached hydrogen (secondary N) is 2. The van der Waals surface area contributed by atoms with Gasteiger partial charge in [0.25, 0.3) is 0 Å². The molecular weight excluding hydrogens is 435 g/mol. The van der Waals surface area contributed by atoms with Crippen LogP contribution in [0.25, 0.3) is 0 Å². The van der Waals surface area contributed by atoms with Crippen molar-refractivity contribution in [3.8, 4) is 0 Å². The first-order chi connectivity index (χ1) is 11.4. The molecule has 25 heavy (non-hydrogen) atoms. The van der Waals surface area contributed by atoms with Gasteiger partial charge < -0.3 is 20.3 Å². The number of methoxy groups -OCH3 is 1. The average molecular weight is 468 g/mol. The third-order valence-electron chi connectivity index (χ3n) is 4.24. The van der Waals surface area contributed by atoms with E-state index in [2.05, 4.69) is 20.5 Å². The van der Waals surface area contributed by atoms with Crippen LogP contribution in [0.15, 0.2) is 4.99 Å². The van der Waals surface area contributed by atoms with Gasteiger partial charge in [-0.05, 0) is 40.5 Å². The number of rotatable bonds is 6. The number of likely N-dealkylation sites (tertiary alicyclic amines) is 1. The number of carbonyl (C=O) groups is 2. The summed E-state index contributed by atoms with van der Waals surface area (Å²) in [6, 6.07) is 0. The number of ether oxygens (including phenoxy) is 1. The Morgan fingerprint density at radius 3 is 2.20 bits per heavy atom. The van der Waals surface area contributed by atoms with Crippen molar-refractivity contribution in [3.05, 3.63) is 0 Å². The second-order valence-electron chi connectivity index (χ2n) is 6.70. The Hall–Kier alpha value is -1.06. The number of nitrogens with zero attached hydrogens (tertiary/aromatic N) is 2. The third kappa shape index (κ3) is 7.37. The van der Waals surface area contributed by atoms with Gasteiger partial charge in [-0.25, -0.2) is 0 Å². The highest BCUT2D eigenvalue weighted by Crippen LogP contribution is 2.20. The Kier molecular flexibility index (Phi) is 11.0. The molecule has 1 aliphatic heterocycles. The van der Waals surface area contributed by atoms with E-state index in [0.717, 1.165) is 38.4 Å². The molecule has 1 saturated heterocycles. The average Bonchev–Trinajstić information content (AvgIpc) is 2.58. The number of halogens is 1. The molecule has 1 heterocycles. The Bertz CT molecular complexity index is 461. The van der Waals surface area contributed by atoms with Crippen molar-refractivity contribution in [2.24, 2.45) is 16.3 Å². The highest BCUT2D eigenvalue weighted by Gasteiger charge is 2.29. The van der Waals surface area contributed by atoms with Gasteiger partial charge >= 0.3 is 5.97 Å². The predicted octanol–water partition coefficient (Wildman–Crippen LogP) is 1.62. The fraction of sp³-hybridized carbons (Fsp3) is 0.824. The van der Waals surface area contributed by atoms with Crippen LogP contribution in [0, 0.1) is 11.3 Å². The number of amides is 1. The second kappa shape index (κ2) is 11.5. The van der Waals surface area contributed by atoms with Crippen molar-refractivity contribution in [1.82, 2.24) is 15.5 Å². The number of carbonyl (C=O) groups excluding carboxylic acids is 2. The molecule has 2 N–H and O–H groups in total. The zero-order chi connectivity index (χ0) is 18.2. The summed E-state index contributed by atoms with van der Waals surface area (Å²) in [5, 5.41) is 6.13. The van der Waals surface area contributed by atoms with E-state index in [-0.39, 0.29) is 41.8 Å². The fourth-order valence-corrected chi connectivity index (χ4v) is 2.66. The molecule has 0 aromatic heterocycles. The Morgan fingerprint density at radius 2 is 1.72 bits per heavy atom. The van der Waals surface area contributed by atoms with Crippen LogP contribution in [0.3, 0.4) is 0 Å². The van der Waals surface area contributed by atoms with Crippen molar-refractivity contribution in [2.45, 2.75) is 40.5 Å². The zero-order valence-corrected chi connectivity index (χ0v) is 18.4. The van der Waals surface area contributed by atoms with Crippen LogP contribution in [0.4, 0.5) is 0 Å². The van der Waals surface area contributed by atoms with Gasteiger partial charge in [0.15, 0.2) is 5.96 Å². The molecule has 0 spiro atoms. The molecule has 1 rings (SSSR count). The Labute approximate surface area is 168 Å². The van der Waals surface area contributed by atoms with Gasteiger partial charge in [-0.1, -0.05) is 0 Å². The first-order valence-electron chi connectivity index (χ1n) is 8.75. The molecule has 0 unspecified atom stereocenters. The van der Waals surface area contributed by atoms with E-state index >= 15 is 0 Å². The van der Waals surface area contributed by atoms with Crippen LogP contribution in [0.2, 0.25) is 0 Å². The van der Waals surface area contributed by atoms with Crippen molar-refractivity contribution >= 4 is 41.8 Å². The minimum atomic E-state index is -0.555. The summed E-state index contributed by atoms with van der Waals surface area (Å²) >= 11 is 0. The maximum Gasteiger partial charge on any atom is 0.308 e. The summed E-state index contributed by atoms with van der Waals surface area (Å²) in [7, 11) is 1.43. The van der Waals surface area contributed by atoms with Gasteiger partial charge in [-0.15, -0.1) is 24.0 Å². The molecule has 0 bridgehead atoms. The summed E-state index contributed by atoms with van der Waals surface area (Å²) < 4.78 is 4.83. The van der Waals surface area contributed by atoms with Crippen LogP contribution in [0.5, 0.6) is 0 Å². The van der Waals surface area contributed by atoms with Crippen molar-refractivity contribution in [1.29, 1.82) is 0 Å². The van der Waals surface area contributed by atoms with Gasteiger partial charge in [0.05, 0.1) is 25.0 Å². The minimum Gasteiger partial charge on any atom is -0.469 e. The van der Waals surface area contributed by atoms with Crippen LogP contribution >= 0.6 is 24.0 Å². The lowest BCUT2D eigenvalue weighted by atomic mass is 9.92. The third-order valence-corrected chi connectivity index (χ3v) is 4.24. The number of hydrogen-bond donors (Lipinski definition) is 2. The molecule has 0 radical (unpaired) electrons. The molecular formula is C17H33IN4O3. The van der Waals surface area contributed by atoms with Gasteiger partial charge in [0.2, 0.25) is 5.91 Å². The number of aliphatic imine (C=N–C) groups is 1. The maximum absolute atomic E-state index is 12.1. The van der Waals surface area contributed by atoms with E-state index in [1.54, 1.807) is 0 Å². The molecule has 1 aliphatic rings. The standard InChI is InChI=1S/C17H32N4O3.HI/c1-6-18-15(23)17(3,4)12-20-16(19-7-2)21-10-8-13(9-11-21)14(22)24-5;/h13H,6-12H2,1-5H3,(H,18,23)(H,19,20);1H. The summed E-state index contributed by atoms with van der Waals surface area (Å²) in [6.07, 6.45) is 1.52. The van der Waals surface area contributed by atoms with Crippen LogP contribution < -0.4 is 10.6 Å². The van der Waals surface area contributed by atoms with Gasteiger partial charge in [0.1, 0.15) is 0 Å². The summed E-state index contributed by atoms with van der Waals surface area (Å²) in [5.41, 5.74) is -0.555. The molecule has 8 heteroatoms. The number of guanidine groups is 1. The largest absolute Gasteiger partial charge is 0.469 e. The molecule has 0 atom stereocenters. The van der Waals surface area contributed by atoms with E-state index in [4.69, 9.17) is 4.74 Å². The lowest BCUT2D eigenvalue weighted by molar-refractivity contribution is -0.146. The second-order valence-corrected chi connectivity index (χ2v) is 6.70. The van der Waals surface area contributed by atoms with E-state index in [0.29, 0.717) is 13.1 Å². The van der Waals surface area contributed by atoms with Gasteiger partial charge in [-0.2, -0.15) is 0 Å². The first kappa shape index (κ1) is 23.9. The smallest absolute Gasteiger partial charge is 0.308 e. The lowest BCUT2D eigenvalue weighted by Gasteiger charge is -2.33. The lowest BCUT2D eigenvalue weighted by Crippen LogP contribution is -2.47. The zero-order valence-electron chi connectivity index (χ0n) is 16.1. The first-order valence-corrected chi connectivity index (χ1v) is 8.75. The molecule has 0 aliphatic carbocycles. The SMILES string of the molecule is CCNC(=O)C(C)(C)CN=C(NCC)N1CCC(C(=O)OC)CC1.I. The van der Waals surface area contributed by atoms with Crippen molar-refractivity contribution < 1.29 is 14.3 Å². The van der Waals surface area contributed by atoms with Gasteiger partial charge in [-0.3, -0.25) is 14.6 Å². The summed E-state index contributed by atoms with van der Waals surface area (Å²) in [6.45, 7) is 11.0. The Morgan fingerprint density at radius 1 is 1.16 bits per heavy atom. The maximum atomic E-state index is 12.1. The van der Waals surface area contributed by atoms with E-state index in [9.17, 15) is 9.59 Å². The highest BCUT2D eigenvalue weighted by molar-refractivity contribution is 14.0. The molecule has 1 fully saturated rings. The number of piperidine rings is 1. The summed E-state index contributed by atoms with van der Waals surface area (Å²) in [5.74, 6) is 0.655. The summed E-state index contributed by atoms with van der Waals surface area (Å²) in [4.78, 5) is 30.5. The predicted molar refractivity (Wildman–Crippen MR) is 110 cm³/mol. The Balaban J connectivity index is 0.00000576. The van der Waals surface area contributed by atoms with Crippen molar-refractivity contribution in [3.63, 3.8) is 0 Å². The highest BCUT2D eigenvalue weighted by atomic mass is 127. The molecule has 0 aromatic carbocycles. The van der Waals surface area contributed by atoms with Crippen molar-refractivity contribution in [2.75, 3.05) is 39.8 Å². The fourth-order valence-electron chi connectivity index (χ4n) is 2.66. The topological polar surface area (TPSA) is 83.0 Å². The van der Waals surface area contributed by atoms with Crippen LogP contribution in [0.1, 0.15) is 40.5 Å². The molecule has 0 aromatic rings. The molecule has 146 valence electrons. The van der Waals surface area contributed by atoms with Crippen LogP contribution in [-0.4, -0.2) is 62.6 Å². The quantitative estimate of drug-likeness (QED) is 0.268. The molecule has 7 nitrogen and oxygen atoms in total. The normalized spacial score (nSPS) is 16.0. The van der Waals surface area contributed by atoms with Crippen LogP contribution in [-0.2, 0) is 14.3 Å². The van der Waals surface area contributed by atoms with E-state index in [1.165, 1.54) is 7.11 Å². The monoisotopic (exact) mass is 468 g/mol. The molecule has 1 amide bonds. The van der Waals surface area contributed by atoms with E-state index < -0.39 is 5.41 Å².